The van der Waals surface area contributed by atoms with Crippen molar-refractivity contribution in [3.63, 3.8) is 0 Å². The molecule has 1 amide bonds. The lowest BCUT2D eigenvalue weighted by Gasteiger charge is -2.18. The van der Waals surface area contributed by atoms with E-state index in [0.717, 1.165) is 31.7 Å². The van der Waals surface area contributed by atoms with Crippen LogP contribution in [0.4, 0.5) is 4.39 Å². The van der Waals surface area contributed by atoms with E-state index in [-0.39, 0.29) is 11.7 Å². The molecule has 3 rings (SSSR count). The van der Waals surface area contributed by atoms with Crippen LogP contribution >= 0.6 is 0 Å². The molecule has 0 radical (unpaired) electrons. The highest BCUT2D eigenvalue weighted by atomic mass is 19.1. The number of amides is 1. The summed E-state index contributed by atoms with van der Waals surface area (Å²) in [6, 6.07) is 7.71. The minimum atomic E-state index is -0.292. The Morgan fingerprint density at radius 2 is 1.95 bits per heavy atom. The minimum Gasteiger partial charge on any atom is -0.336 e. The van der Waals surface area contributed by atoms with E-state index in [1.807, 2.05) is 4.90 Å². The van der Waals surface area contributed by atoms with Gasteiger partial charge in [-0.15, -0.1) is 0 Å². The first-order chi connectivity index (χ1) is 10.2. The molecule has 2 heterocycles. The largest absolute Gasteiger partial charge is 0.336 e. The fraction of sp³-hybridized carbons (Fsp3) is 0.333. The summed E-state index contributed by atoms with van der Waals surface area (Å²) in [7, 11) is 0. The van der Waals surface area contributed by atoms with Gasteiger partial charge >= 0.3 is 0 Å². The standard InChI is InChI=1S/C15H17FN4O/c16-12-2-4-13(5-3-12)20-10-6-14(18-20)15(21)19-9-1-7-17-8-11-19/h2-6,10,17H,1,7-9,11H2. The lowest BCUT2D eigenvalue weighted by atomic mass is 10.3. The van der Waals surface area contributed by atoms with E-state index in [0.29, 0.717) is 12.2 Å². The maximum Gasteiger partial charge on any atom is 0.274 e. The molecule has 1 aliphatic heterocycles. The summed E-state index contributed by atoms with van der Waals surface area (Å²) < 4.78 is 14.5. The van der Waals surface area contributed by atoms with Gasteiger partial charge < -0.3 is 10.2 Å². The molecule has 0 spiro atoms. The quantitative estimate of drug-likeness (QED) is 0.910. The first-order valence-corrected chi connectivity index (χ1v) is 7.06. The molecule has 0 saturated carbocycles. The van der Waals surface area contributed by atoms with Crippen molar-refractivity contribution in [3.8, 4) is 5.69 Å². The molecular weight excluding hydrogens is 271 g/mol. The summed E-state index contributed by atoms with van der Waals surface area (Å²) in [5, 5.41) is 7.56. The summed E-state index contributed by atoms with van der Waals surface area (Å²) in [5.41, 5.74) is 1.15. The molecule has 1 N–H and O–H groups in total. The summed E-state index contributed by atoms with van der Waals surface area (Å²) in [6.45, 7) is 3.19. The second-order valence-corrected chi connectivity index (χ2v) is 5.02. The average Bonchev–Trinajstić information content (AvgIpc) is 2.83. The van der Waals surface area contributed by atoms with Gasteiger partial charge in [0.05, 0.1) is 5.69 Å². The number of benzene rings is 1. The number of hydrogen-bond donors (Lipinski definition) is 1. The molecule has 1 aliphatic rings. The predicted octanol–water partition coefficient (Wildman–Crippen LogP) is 1.45. The third-order valence-corrected chi connectivity index (χ3v) is 3.53. The van der Waals surface area contributed by atoms with E-state index in [1.165, 1.54) is 12.1 Å². The SMILES string of the molecule is O=C(c1ccn(-c2ccc(F)cc2)n1)N1CCCNCC1. The number of nitrogens with zero attached hydrogens (tertiary/aromatic N) is 3. The topological polar surface area (TPSA) is 50.2 Å². The van der Waals surface area contributed by atoms with E-state index in [2.05, 4.69) is 10.4 Å². The second-order valence-electron chi connectivity index (χ2n) is 5.02. The molecular formula is C15H17FN4O. The summed E-state index contributed by atoms with van der Waals surface area (Å²) in [5.74, 6) is -0.348. The van der Waals surface area contributed by atoms with Crippen molar-refractivity contribution in [2.45, 2.75) is 6.42 Å². The van der Waals surface area contributed by atoms with Crippen LogP contribution in [0, 0.1) is 5.82 Å². The molecule has 110 valence electrons. The molecule has 2 aromatic rings. The van der Waals surface area contributed by atoms with E-state index < -0.39 is 0 Å². The first-order valence-electron chi connectivity index (χ1n) is 7.06. The third-order valence-electron chi connectivity index (χ3n) is 3.53. The van der Waals surface area contributed by atoms with Crippen molar-refractivity contribution in [1.29, 1.82) is 0 Å². The van der Waals surface area contributed by atoms with Crippen molar-refractivity contribution in [3.05, 3.63) is 48.0 Å². The van der Waals surface area contributed by atoms with Gasteiger partial charge in [0, 0.05) is 25.8 Å². The molecule has 21 heavy (non-hydrogen) atoms. The lowest BCUT2D eigenvalue weighted by molar-refractivity contribution is 0.0760. The summed E-state index contributed by atoms with van der Waals surface area (Å²) in [4.78, 5) is 14.2. The Kier molecular flexibility index (Phi) is 3.96. The van der Waals surface area contributed by atoms with Crippen LogP contribution in [-0.4, -0.2) is 46.8 Å². The smallest absolute Gasteiger partial charge is 0.274 e. The van der Waals surface area contributed by atoms with Crippen molar-refractivity contribution in [1.82, 2.24) is 20.0 Å². The van der Waals surface area contributed by atoms with Gasteiger partial charge in [-0.3, -0.25) is 4.79 Å². The Hall–Kier alpha value is -2.21. The molecule has 1 fully saturated rings. The number of carbonyl (C=O) groups excluding carboxylic acids is 1. The molecule has 5 nitrogen and oxygen atoms in total. The Bertz CT molecular complexity index is 615. The highest BCUT2D eigenvalue weighted by Gasteiger charge is 2.19. The molecule has 0 bridgehead atoms. The van der Waals surface area contributed by atoms with Gasteiger partial charge in [0.15, 0.2) is 5.69 Å². The van der Waals surface area contributed by atoms with Crippen molar-refractivity contribution in [2.75, 3.05) is 26.2 Å². The number of halogens is 1. The van der Waals surface area contributed by atoms with E-state index in [4.69, 9.17) is 0 Å². The fourth-order valence-electron chi connectivity index (χ4n) is 2.39. The number of aromatic nitrogens is 2. The number of nitrogens with one attached hydrogen (secondary N) is 1. The Labute approximate surface area is 122 Å². The zero-order valence-corrected chi connectivity index (χ0v) is 11.6. The Balaban J connectivity index is 1.77. The molecule has 0 atom stereocenters. The van der Waals surface area contributed by atoms with Crippen LogP contribution in [0.15, 0.2) is 36.5 Å². The van der Waals surface area contributed by atoms with Crippen molar-refractivity contribution in [2.24, 2.45) is 0 Å². The molecule has 1 aromatic carbocycles. The predicted molar refractivity (Wildman–Crippen MR) is 76.9 cm³/mol. The summed E-state index contributed by atoms with van der Waals surface area (Å²) >= 11 is 0. The normalized spacial score (nSPS) is 15.8. The number of hydrogen-bond acceptors (Lipinski definition) is 3. The Morgan fingerprint density at radius 3 is 2.76 bits per heavy atom. The van der Waals surface area contributed by atoms with Gasteiger partial charge in [-0.1, -0.05) is 0 Å². The number of carbonyl (C=O) groups is 1. The molecule has 1 aromatic heterocycles. The third kappa shape index (κ3) is 3.11. The van der Waals surface area contributed by atoms with Crippen LogP contribution in [0.3, 0.4) is 0 Å². The van der Waals surface area contributed by atoms with E-state index in [9.17, 15) is 9.18 Å². The number of rotatable bonds is 2. The lowest BCUT2D eigenvalue weighted by Crippen LogP contribution is -2.34. The van der Waals surface area contributed by atoms with Crippen LogP contribution in [-0.2, 0) is 0 Å². The van der Waals surface area contributed by atoms with Gasteiger partial charge in [0.2, 0.25) is 0 Å². The monoisotopic (exact) mass is 288 g/mol. The minimum absolute atomic E-state index is 0.0560. The van der Waals surface area contributed by atoms with Crippen LogP contribution in [0.5, 0.6) is 0 Å². The van der Waals surface area contributed by atoms with Gasteiger partial charge in [0.25, 0.3) is 5.91 Å². The van der Waals surface area contributed by atoms with Crippen molar-refractivity contribution >= 4 is 5.91 Å². The first kappa shape index (κ1) is 13.8. The van der Waals surface area contributed by atoms with Gasteiger partial charge in [-0.05, 0) is 43.3 Å². The van der Waals surface area contributed by atoms with E-state index in [1.54, 1.807) is 29.1 Å². The van der Waals surface area contributed by atoms with Crippen LogP contribution in [0.25, 0.3) is 5.69 Å². The zero-order valence-electron chi connectivity index (χ0n) is 11.6. The van der Waals surface area contributed by atoms with Gasteiger partial charge in [0.1, 0.15) is 5.82 Å². The van der Waals surface area contributed by atoms with Gasteiger partial charge in [-0.2, -0.15) is 5.10 Å². The Morgan fingerprint density at radius 1 is 1.14 bits per heavy atom. The summed E-state index contributed by atoms with van der Waals surface area (Å²) in [6.07, 6.45) is 2.67. The molecule has 0 unspecified atom stereocenters. The van der Waals surface area contributed by atoms with Crippen LogP contribution in [0.2, 0.25) is 0 Å². The molecule has 1 saturated heterocycles. The highest BCUT2D eigenvalue weighted by Crippen LogP contribution is 2.10. The maximum atomic E-state index is 12.9. The molecule has 6 heteroatoms. The second kappa shape index (κ2) is 6.05. The maximum absolute atomic E-state index is 12.9. The van der Waals surface area contributed by atoms with Gasteiger partial charge in [-0.25, -0.2) is 9.07 Å². The highest BCUT2D eigenvalue weighted by molar-refractivity contribution is 5.92. The van der Waals surface area contributed by atoms with Crippen molar-refractivity contribution < 1.29 is 9.18 Å². The molecule has 0 aliphatic carbocycles. The van der Waals surface area contributed by atoms with E-state index >= 15 is 0 Å². The van der Waals surface area contributed by atoms with Crippen LogP contribution < -0.4 is 5.32 Å². The fourth-order valence-corrected chi connectivity index (χ4v) is 2.39. The van der Waals surface area contributed by atoms with Crippen LogP contribution in [0.1, 0.15) is 16.9 Å². The zero-order chi connectivity index (χ0) is 14.7. The average molecular weight is 288 g/mol.